The van der Waals surface area contributed by atoms with Gasteiger partial charge in [0.2, 0.25) is 5.91 Å². The first-order chi connectivity index (χ1) is 9.66. The van der Waals surface area contributed by atoms with E-state index in [2.05, 4.69) is 15.6 Å². The van der Waals surface area contributed by atoms with E-state index in [0.717, 1.165) is 11.1 Å². The number of anilines is 1. The standard InChI is InChI=1S/C15H16FN3O/c1-11-6-7-17-8-12(11)9-18-10-15(20)19-14-5-3-2-4-13(14)16/h2-8,18H,9-10H2,1H3,(H,19,20). The predicted molar refractivity (Wildman–Crippen MR) is 75.7 cm³/mol. The van der Waals surface area contributed by atoms with Crippen molar-refractivity contribution in [3.8, 4) is 0 Å². The summed E-state index contributed by atoms with van der Waals surface area (Å²) >= 11 is 0. The summed E-state index contributed by atoms with van der Waals surface area (Å²) in [6.07, 6.45) is 3.49. The Hall–Kier alpha value is -2.27. The van der Waals surface area contributed by atoms with Crippen LogP contribution >= 0.6 is 0 Å². The number of aromatic nitrogens is 1. The highest BCUT2D eigenvalue weighted by molar-refractivity contribution is 5.92. The molecule has 0 aliphatic heterocycles. The number of carbonyl (C=O) groups is 1. The number of pyridine rings is 1. The molecule has 5 heteroatoms. The van der Waals surface area contributed by atoms with Gasteiger partial charge in [-0.1, -0.05) is 12.1 Å². The number of aryl methyl sites for hydroxylation is 1. The molecule has 0 saturated carbocycles. The number of benzene rings is 1. The summed E-state index contributed by atoms with van der Waals surface area (Å²) in [5.74, 6) is -0.722. The van der Waals surface area contributed by atoms with Gasteiger partial charge in [0.1, 0.15) is 5.82 Å². The summed E-state index contributed by atoms with van der Waals surface area (Å²) in [4.78, 5) is 15.7. The van der Waals surface area contributed by atoms with Crippen LogP contribution in [0.15, 0.2) is 42.7 Å². The van der Waals surface area contributed by atoms with Gasteiger partial charge in [0, 0.05) is 18.9 Å². The highest BCUT2D eigenvalue weighted by atomic mass is 19.1. The maximum Gasteiger partial charge on any atom is 0.238 e. The van der Waals surface area contributed by atoms with Gasteiger partial charge in [0.05, 0.1) is 12.2 Å². The van der Waals surface area contributed by atoms with Crippen molar-refractivity contribution in [1.82, 2.24) is 10.3 Å². The van der Waals surface area contributed by atoms with Crippen LogP contribution in [-0.4, -0.2) is 17.4 Å². The predicted octanol–water partition coefficient (Wildman–Crippen LogP) is 2.26. The molecular weight excluding hydrogens is 257 g/mol. The molecule has 0 atom stereocenters. The number of carbonyl (C=O) groups excluding carboxylic acids is 1. The summed E-state index contributed by atoms with van der Waals surface area (Å²) in [5.41, 5.74) is 2.34. The summed E-state index contributed by atoms with van der Waals surface area (Å²) in [7, 11) is 0. The molecule has 2 aromatic rings. The van der Waals surface area contributed by atoms with E-state index in [9.17, 15) is 9.18 Å². The Morgan fingerprint density at radius 2 is 2.10 bits per heavy atom. The number of rotatable bonds is 5. The first-order valence-corrected chi connectivity index (χ1v) is 6.31. The lowest BCUT2D eigenvalue weighted by molar-refractivity contribution is -0.115. The van der Waals surface area contributed by atoms with E-state index in [1.54, 1.807) is 24.5 Å². The van der Waals surface area contributed by atoms with E-state index in [-0.39, 0.29) is 18.1 Å². The fourth-order valence-corrected chi connectivity index (χ4v) is 1.75. The number of hydrogen-bond donors (Lipinski definition) is 2. The molecule has 20 heavy (non-hydrogen) atoms. The van der Waals surface area contributed by atoms with E-state index in [1.807, 2.05) is 13.0 Å². The third kappa shape index (κ3) is 3.86. The Morgan fingerprint density at radius 1 is 1.30 bits per heavy atom. The number of hydrogen-bond acceptors (Lipinski definition) is 3. The van der Waals surface area contributed by atoms with Crippen LogP contribution in [0.2, 0.25) is 0 Å². The Kier molecular flexibility index (Phi) is 4.79. The van der Waals surface area contributed by atoms with Crippen LogP contribution in [0.3, 0.4) is 0 Å². The van der Waals surface area contributed by atoms with Gasteiger partial charge in [0.25, 0.3) is 0 Å². The minimum atomic E-state index is -0.441. The Morgan fingerprint density at radius 3 is 2.85 bits per heavy atom. The monoisotopic (exact) mass is 273 g/mol. The quantitative estimate of drug-likeness (QED) is 0.878. The SMILES string of the molecule is Cc1ccncc1CNCC(=O)Nc1ccccc1F. The minimum Gasteiger partial charge on any atom is -0.322 e. The third-order valence-electron chi connectivity index (χ3n) is 2.90. The fraction of sp³-hybridized carbons (Fsp3) is 0.200. The van der Waals surface area contributed by atoms with Gasteiger partial charge in [-0.15, -0.1) is 0 Å². The average Bonchev–Trinajstić information content (AvgIpc) is 2.43. The molecule has 1 aromatic carbocycles. The zero-order valence-corrected chi connectivity index (χ0v) is 11.2. The molecule has 1 amide bonds. The van der Waals surface area contributed by atoms with E-state index in [0.29, 0.717) is 6.54 Å². The molecule has 4 nitrogen and oxygen atoms in total. The molecule has 1 heterocycles. The summed E-state index contributed by atoms with van der Waals surface area (Å²) in [6.45, 7) is 2.64. The second-order valence-electron chi connectivity index (χ2n) is 4.43. The third-order valence-corrected chi connectivity index (χ3v) is 2.90. The maximum atomic E-state index is 13.3. The van der Waals surface area contributed by atoms with Crippen molar-refractivity contribution in [2.45, 2.75) is 13.5 Å². The van der Waals surface area contributed by atoms with Crippen molar-refractivity contribution < 1.29 is 9.18 Å². The van der Waals surface area contributed by atoms with Crippen LogP contribution in [0.4, 0.5) is 10.1 Å². The van der Waals surface area contributed by atoms with Crippen molar-refractivity contribution in [2.24, 2.45) is 0 Å². The van der Waals surface area contributed by atoms with Gasteiger partial charge in [-0.25, -0.2) is 4.39 Å². The molecule has 2 rings (SSSR count). The zero-order chi connectivity index (χ0) is 14.4. The van der Waals surface area contributed by atoms with E-state index < -0.39 is 5.82 Å². The van der Waals surface area contributed by atoms with Crippen LogP contribution in [0.5, 0.6) is 0 Å². The molecule has 0 unspecified atom stereocenters. The van der Waals surface area contributed by atoms with Crippen molar-refractivity contribution in [1.29, 1.82) is 0 Å². The number of halogens is 1. The van der Waals surface area contributed by atoms with Crippen LogP contribution in [-0.2, 0) is 11.3 Å². The Bertz CT molecular complexity index is 601. The molecule has 0 bridgehead atoms. The highest BCUT2D eigenvalue weighted by Crippen LogP contribution is 2.11. The molecule has 0 saturated heterocycles. The smallest absolute Gasteiger partial charge is 0.238 e. The Balaban J connectivity index is 1.82. The molecule has 1 aromatic heterocycles. The van der Waals surface area contributed by atoms with Crippen LogP contribution < -0.4 is 10.6 Å². The largest absolute Gasteiger partial charge is 0.322 e. The molecule has 104 valence electrons. The first-order valence-electron chi connectivity index (χ1n) is 6.31. The lowest BCUT2D eigenvalue weighted by Crippen LogP contribution is -2.28. The molecule has 0 aliphatic rings. The zero-order valence-electron chi connectivity index (χ0n) is 11.2. The molecule has 0 aliphatic carbocycles. The number of amides is 1. The van der Waals surface area contributed by atoms with Gasteiger partial charge in [-0.05, 0) is 36.2 Å². The normalized spacial score (nSPS) is 10.3. The van der Waals surface area contributed by atoms with Gasteiger partial charge in [0.15, 0.2) is 0 Å². The highest BCUT2D eigenvalue weighted by Gasteiger charge is 2.06. The van der Waals surface area contributed by atoms with E-state index in [4.69, 9.17) is 0 Å². The molecule has 0 fully saturated rings. The van der Waals surface area contributed by atoms with Crippen molar-refractivity contribution in [3.63, 3.8) is 0 Å². The van der Waals surface area contributed by atoms with Crippen molar-refractivity contribution in [2.75, 3.05) is 11.9 Å². The summed E-state index contributed by atoms with van der Waals surface area (Å²) < 4.78 is 13.3. The van der Waals surface area contributed by atoms with Crippen LogP contribution in [0.25, 0.3) is 0 Å². The summed E-state index contributed by atoms with van der Waals surface area (Å²) in [6, 6.07) is 8.00. The second-order valence-corrected chi connectivity index (χ2v) is 4.43. The van der Waals surface area contributed by atoms with Gasteiger partial charge in [-0.2, -0.15) is 0 Å². The number of nitrogens with zero attached hydrogens (tertiary/aromatic N) is 1. The topological polar surface area (TPSA) is 54.0 Å². The van der Waals surface area contributed by atoms with Crippen molar-refractivity contribution in [3.05, 3.63) is 59.7 Å². The molecular formula is C15H16FN3O. The number of para-hydroxylation sites is 1. The average molecular weight is 273 g/mol. The van der Waals surface area contributed by atoms with Crippen molar-refractivity contribution >= 4 is 11.6 Å². The van der Waals surface area contributed by atoms with Crippen LogP contribution in [0, 0.1) is 12.7 Å². The second kappa shape index (κ2) is 6.77. The van der Waals surface area contributed by atoms with Gasteiger partial charge in [-0.3, -0.25) is 9.78 Å². The van der Waals surface area contributed by atoms with E-state index >= 15 is 0 Å². The van der Waals surface area contributed by atoms with Gasteiger partial charge >= 0.3 is 0 Å². The van der Waals surface area contributed by atoms with Crippen LogP contribution in [0.1, 0.15) is 11.1 Å². The Labute approximate surface area is 117 Å². The molecule has 2 N–H and O–H groups in total. The lowest BCUT2D eigenvalue weighted by atomic mass is 10.1. The minimum absolute atomic E-state index is 0.114. The first kappa shape index (κ1) is 14.1. The summed E-state index contributed by atoms with van der Waals surface area (Å²) in [5, 5.41) is 5.53. The fourth-order valence-electron chi connectivity index (χ4n) is 1.75. The molecule has 0 radical (unpaired) electrons. The van der Waals surface area contributed by atoms with E-state index in [1.165, 1.54) is 12.1 Å². The molecule has 0 spiro atoms. The van der Waals surface area contributed by atoms with Gasteiger partial charge < -0.3 is 10.6 Å². The maximum absolute atomic E-state index is 13.3. The number of nitrogens with one attached hydrogen (secondary N) is 2. The lowest BCUT2D eigenvalue weighted by Gasteiger charge is -2.08.